The lowest BCUT2D eigenvalue weighted by molar-refractivity contribution is 0.294. The number of likely N-dealkylation sites (N-methyl/N-ethyl adjacent to an activating group) is 1. The third kappa shape index (κ3) is 5.98. The fourth-order valence-corrected chi connectivity index (χ4v) is 2.86. The second kappa shape index (κ2) is 10.5. The van der Waals surface area contributed by atoms with E-state index in [1.807, 2.05) is 46.5 Å². The van der Waals surface area contributed by atoms with Crippen LogP contribution in [0.4, 0.5) is 4.39 Å². The van der Waals surface area contributed by atoms with E-state index in [-0.39, 0.29) is 35.8 Å². The van der Waals surface area contributed by atoms with Gasteiger partial charge in [-0.1, -0.05) is 12.1 Å². The van der Waals surface area contributed by atoms with E-state index >= 15 is 0 Å². The number of hydrogen-bond donors (Lipinski definition) is 1. The maximum atomic E-state index is 13.6. The molecule has 0 radical (unpaired) electrons. The molecule has 0 aliphatic carbocycles. The minimum absolute atomic E-state index is 0. The molecule has 1 aromatic carbocycles. The Kier molecular flexibility index (Phi) is 9.07. The van der Waals surface area contributed by atoms with Crippen molar-refractivity contribution in [1.82, 2.24) is 19.7 Å². The van der Waals surface area contributed by atoms with Gasteiger partial charge in [-0.25, -0.2) is 4.39 Å². The number of benzene rings is 1. The normalized spacial score (nSPS) is 12.7. The Labute approximate surface area is 172 Å². The zero-order valence-electron chi connectivity index (χ0n) is 16.1. The standard InChI is InChI=1S/C19H28FN5.HI/c1-21-19(25(5)14-17-10-7-11-24(17)4)22-13-18(23(2)3)15-8-6-9-16(20)12-15;/h6-12,18H,13-14H2,1-5H3,(H,21,22);1H. The van der Waals surface area contributed by atoms with E-state index < -0.39 is 0 Å². The van der Waals surface area contributed by atoms with E-state index in [9.17, 15) is 4.39 Å². The summed E-state index contributed by atoms with van der Waals surface area (Å²) < 4.78 is 15.7. The molecule has 1 aromatic heterocycles. The number of aromatic nitrogens is 1. The number of aryl methyl sites for hydroxylation is 1. The first-order chi connectivity index (χ1) is 11.9. The monoisotopic (exact) mass is 473 g/mol. The van der Waals surface area contributed by atoms with Crippen LogP contribution in [0.3, 0.4) is 0 Å². The van der Waals surface area contributed by atoms with E-state index in [4.69, 9.17) is 0 Å². The number of halogens is 2. The lowest BCUT2D eigenvalue weighted by atomic mass is 10.1. The summed E-state index contributed by atoms with van der Waals surface area (Å²) >= 11 is 0. The van der Waals surface area contributed by atoms with Crippen molar-refractivity contribution in [3.63, 3.8) is 0 Å². The predicted octanol–water partition coefficient (Wildman–Crippen LogP) is 3.09. The highest BCUT2D eigenvalue weighted by Gasteiger charge is 2.16. The number of hydrogen-bond acceptors (Lipinski definition) is 2. The Bertz CT molecular complexity index is 713. The van der Waals surface area contributed by atoms with Crippen molar-refractivity contribution in [2.24, 2.45) is 12.0 Å². The van der Waals surface area contributed by atoms with Gasteiger partial charge in [0.25, 0.3) is 0 Å². The molecule has 0 amide bonds. The van der Waals surface area contributed by atoms with Crippen molar-refractivity contribution in [1.29, 1.82) is 0 Å². The molecule has 144 valence electrons. The number of nitrogens with one attached hydrogen (secondary N) is 1. The molecule has 0 saturated heterocycles. The van der Waals surface area contributed by atoms with E-state index in [0.717, 1.165) is 18.1 Å². The molecule has 5 nitrogen and oxygen atoms in total. The van der Waals surface area contributed by atoms with Gasteiger partial charge >= 0.3 is 0 Å². The van der Waals surface area contributed by atoms with Gasteiger partial charge in [-0.15, -0.1) is 24.0 Å². The number of guanidine groups is 1. The molecule has 1 atom stereocenters. The predicted molar refractivity (Wildman–Crippen MR) is 116 cm³/mol. The highest BCUT2D eigenvalue weighted by atomic mass is 127. The topological polar surface area (TPSA) is 35.8 Å². The molecular weight excluding hydrogens is 444 g/mol. The van der Waals surface area contributed by atoms with Gasteiger partial charge in [0.15, 0.2) is 5.96 Å². The van der Waals surface area contributed by atoms with Crippen molar-refractivity contribution < 1.29 is 4.39 Å². The summed E-state index contributed by atoms with van der Waals surface area (Å²) in [6, 6.07) is 10.9. The van der Waals surface area contributed by atoms with Crippen molar-refractivity contribution in [2.75, 3.05) is 34.7 Å². The molecule has 0 spiro atoms. The van der Waals surface area contributed by atoms with Gasteiger partial charge < -0.3 is 19.7 Å². The Morgan fingerprint density at radius 1 is 1.23 bits per heavy atom. The fourth-order valence-electron chi connectivity index (χ4n) is 2.86. The SMILES string of the molecule is CN=C(NCC(c1cccc(F)c1)N(C)C)N(C)Cc1cccn1C.I. The molecule has 1 heterocycles. The molecule has 0 fully saturated rings. The number of aliphatic imine (C=N–C) groups is 1. The summed E-state index contributed by atoms with van der Waals surface area (Å²) in [4.78, 5) is 8.52. The average Bonchev–Trinajstić information content (AvgIpc) is 2.96. The van der Waals surface area contributed by atoms with Crippen LogP contribution in [0.2, 0.25) is 0 Å². The van der Waals surface area contributed by atoms with E-state index in [0.29, 0.717) is 6.54 Å². The van der Waals surface area contributed by atoms with Gasteiger partial charge in [0.05, 0.1) is 12.6 Å². The summed E-state index contributed by atoms with van der Waals surface area (Å²) in [5.74, 6) is 0.596. The lowest BCUT2D eigenvalue weighted by Crippen LogP contribution is -2.42. The van der Waals surface area contributed by atoms with Gasteiger partial charge in [0.2, 0.25) is 0 Å². The van der Waals surface area contributed by atoms with Crippen LogP contribution in [0.15, 0.2) is 47.6 Å². The molecule has 0 saturated carbocycles. The molecule has 1 unspecified atom stereocenters. The third-order valence-electron chi connectivity index (χ3n) is 4.33. The van der Waals surface area contributed by atoms with Crippen LogP contribution >= 0.6 is 24.0 Å². The zero-order valence-corrected chi connectivity index (χ0v) is 18.4. The van der Waals surface area contributed by atoms with E-state index in [1.54, 1.807) is 19.2 Å². The van der Waals surface area contributed by atoms with Crippen LogP contribution in [0, 0.1) is 5.82 Å². The fraction of sp³-hybridized carbons (Fsp3) is 0.421. The molecule has 7 heteroatoms. The minimum Gasteiger partial charge on any atom is -0.354 e. The van der Waals surface area contributed by atoms with Gasteiger partial charge in [-0.3, -0.25) is 4.99 Å². The van der Waals surface area contributed by atoms with Crippen LogP contribution in [0.5, 0.6) is 0 Å². The first-order valence-electron chi connectivity index (χ1n) is 8.36. The Balaban J connectivity index is 0.00000338. The summed E-state index contributed by atoms with van der Waals surface area (Å²) in [7, 11) is 9.80. The Morgan fingerprint density at radius 2 is 1.96 bits per heavy atom. The molecule has 0 aliphatic rings. The largest absolute Gasteiger partial charge is 0.354 e. The molecule has 2 rings (SSSR count). The smallest absolute Gasteiger partial charge is 0.193 e. The highest BCUT2D eigenvalue weighted by Crippen LogP contribution is 2.18. The van der Waals surface area contributed by atoms with Crippen molar-refractivity contribution in [3.05, 3.63) is 59.7 Å². The highest BCUT2D eigenvalue weighted by molar-refractivity contribution is 14.0. The third-order valence-corrected chi connectivity index (χ3v) is 4.33. The summed E-state index contributed by atoms with van der Waals surface area (Å²) in [5, 5.41) is 3.40. The summed E-state index contributed by atoms with van der Waals surface area (Å²) in [6.07, 6.45) is 2.03. The second-order valence-electron chi connectivity index (χ2n) is 6.43. The average molecular weight is 473 g/mol. The van der Waals surface area contributed by atoms with Gasteiger partial charge in [0.1, 0.15) is 5.82 Å². The van der Waals surface area contributed by atoms with Gasteiger partial charge in [0, 0.05) is 39.6 Å². The van der Waals surface area contributed by atoms with Crippen molar-refractivity contribution >= 4 is 29.9 Å². The number of rotatable bonds is 6. The first-order valence-corrected chi connectivity index (χ1v) is 8.36. The first kappa shape index (κ1) is 22.4. The molecular formula is C19H29FIN5. The Morgan fingerprint density at radius 3 is 2.50 bits per heavy atom. The van der Waals surface area contributed by atoms with Gasteiger partial charge in [-0.05, 0) is 43.9 Å². The molecule has 0 bridgehead atoms. The van der Waals surface area contributed by atoms with Crippen molar-refractivity contribution in [3.8, 4) is 0 Å². The minimum atomic E-state index is -0.213. The van der Waals surface area contributed by atoms with Gasteiger partial charge in [-0.2, -0.15) is 0 Å². The molecule has 1 N–H and O–H groups in total. The van der Waals surface area contributed by atoms with E-state index in [2.05, 4.69) is 30.7 Å². The van der Waals surface area contributed by atoms with E-state index in [1.165, 1.54) is 11.8 Å². The Hall–Kier alpha value is -1.61. The molecule has 2 aromatic rings. The molecule has 0 aliphatic heterocycles. The lowest BCUT2D eigenvalue weighted by Gasteiger charge is -2.28. The van der Waals surface area contributed by atoms with Crippen LogP contribution in [-0.2, 0) is 13.6 Å². The maximum absolute atomic E-state index is 13.6. The van der Waals surface area contributed by atoms with Crippen LogP contribution < -0.4 is 5.32 Å². The molecule has 26 heavy (non-hydrogen) atoms. The zero-order chi connectivity index (χ0) is 18.4. The maximum Gasteiger partial charge on any atom is 0.193 e. The van der Waals surface area contributed by atoms with Crippen LogP contribution in [-0.4, -0.2) is 55.1 Å². The van der Waals surface area contributed by atoms with Crippen LogP contribution in [0.25, 0.3) is 0 Å². The van der Waals surface area contributed by atoms with Crippen molar-refractivity contribution in [2.45, 2.75) is 12.6 Å². The second-order valence-corrected chi connectivity index (χ2v) is 6.43. The van der Waals surface area contributed by atoms with Crippen LogP contribution in [0.1, 0.15) is 17.3 Å². The number of nitrogens with zero attached hydrogens (tertiary/aromatic N) is 4. The summed E-state index contributed by atoms with van der Waals surface area (Å²) in [6.45, 7) is 1.40. The quantitative estimate of drug-likeness (QED) is 0.398. The summed E-state index contributed by atoms with van der Waals surface area (Å²) in [5.41, 5.74) is 2.15.